The van der Waals surface area contributed by atoms with Crippen LogP contribution in [-0.2, 0) is 4.79 Å². The summed E-state index contributed by atoms with van der Waals surface area (Å²) in [6.45, 7) is 0. The molecule has 0 N–H and O–H groups in total. The summed E-state index contributed by atoms with van der Waals surface area (Å²) in [7, 11) is 0. The molecule has 0 aliphatic carbocycles. The number of carbonyl (C=O) groups is 1. The second-order valence-electron chi connectivity index (χ2n) is 3.08. The zero-order valence-electron chi connectivity index (χ0n) is 8.97. The van der Waals surface area contributed by atoms with Gasteiger partial charge in [0, 0.05) is 0 Å². The van der Waals surface area contributed by atoms with E-state index in [2.05, 4.69) is 0 Å². The van der Waals surface area contributed by atoms with Gasteiger partial charge in [0.25, 0.3) is 0 Å². The Bertz CT molecular complexity index is 374. The summed E-state index contributed by atoms with van der Waals surface area (Å²) in [4.78, 5) is 9.49. The van der Waals surface area contributed by atoms with E-state index in [-0.39, 0.29) is 18.9 Å². The third kappa shape index (κ3) is 2.69. The van der Waals surface area contributed by atoms with E-state index in [1.165, 1.54) is 0 Å². The van der Waals surface area contributed by atoms with Crippen LogP contribution in [0.4, 0.5) is 48.3 Å². The fraction of sp³-hybridized carbons (Fsp3) is 0.833. The summed E-state index contributed by atoms with van der Waals surface area (Å²) in [6.07, 6.45) is -7.32. The molecule has 0 aromatic carbocycles. The number of carboxylic acid groups (broad SMARTS) is 1. The van der Waals surface area contributed by atoms with Crippen LogP contribution >= 0.6 is 0 Å². The van der Waals surface area contributed by atoms with E-state index in [1.807, 2.05) is 0 Å². The van der Waals surface area contributed by atoms with Crippen molar-refractivity contribution < 1.29 is 77.1 Å². The van der Waals surface area contributed by atoms with Crippen molar-refractivity contribution in [3.8, 4) is 0 Å². The van der Waals surface area contributed by atoms with Gasteiger partial charge in [0.2, 0.25) is 0 Å². The maximum absolute atomic E-state index is 12.4. The van der Waals surface area contributed by atoms with Gasteiger partial charge in [0.15, 0.2) is 0 Å². The van der Waals surface area contributed by atoms with Crippen molar-refractivity contribution in [3.63, 3.8) is 0 Å². The van der Waals surface area contributed by atoms with Crippen molar-refractivity contribution in [1.29, 1.82) is 0 Å². The summed E-state index contributed by atoms with van der Waals surface area (Å²) in [5.74, 6) is -34.1. The predicted molar refractivity (Wildman–Crippen MR) is 30.9 cm³/mol. The van der Waals surface area contributed by atoms with Gasteiger partial charge >= 0.3 is 48.7 Å². The van der Waals surface area contributed by atoms with E-state index in [4.69, 9.17) is 0 Å². The minimum atomic E-state index is -7.72. The van der Waals surface area contributed by atoms with Gasteiger partial charge in [0.1, 0.15) is 5.97 Å². The summed E-state index contributed by atoms with van der Waals surface area (Å²) in [5.41, 5.74) is 0. The molecule has 0 spiro atoms. The molecular weight excluding hydrogens is 320 g/mol. The third-order valence-corrected chi connectivity index (χ3v) is 1.80. The Labute approximate surface area is 114 Å². The molecule has 0 radical (unpaired) electrons. The molecule has 0 saturated carbocycles. The van der Waals surface area contributed by atoms with Crippen LogP contribution in [0.15, 0.2) is 0 Å². The van der Waals surface area contributed by atoms with Crippen LogP contribution in [0.25, 0.3) is 0 Å². The molecule has 2 nitrogen and oxygen atoms in total. The number of carbonyl (C=O) groups excluding carboxylic acids is 1. The molecule has 0 amide bonds. The topological polar surface area (TPSA) is 40.1 Å². The number of rotatable bonds is 4. The van der Waals surface area contributed by atoms with E-state index in [9.17, 15) is 58.2 Å². The number of aliphatic carboxylic acids is 1. The summed E-state index contributed by atoms with van der Waals surface area (Å²) in [6, 6.07) is 0. The molecule has 0 fully saturated rings. The summed E-state index contributed by atoms with van der Waals surface area (Å²) < 4.78 is 132. The molecule has 0 rings (SSSR count). The minimum Gasteiger partial charge on any atom is -0.544 e. The van der Waals surface area contributed by atoms with Crippen molar-refractivity contribution in [2.24, 2.45) is 0 Å². The maximum atomic E-state index is 12.4. The van der Waals surface area contributed by atoms with Gasteiger partial charge in [-0.3, -0.25) is 0 Å². The fourth-order valence-corrected chi connectivity index (χ4v) is 0.701. The molecule has 0 bridgehead atoms. The quantitative estimate of drug-likeness (QED) is 0.485. The van der Waals surface area contributed by atoms with Crippen LogP contribution in [0, 0.1) is 0 Å². The molecule has 14 heteroatoms. The standard InChI is InChI=1S/C6HF11O2.Li/c7-2(8,1(18)19)3(9,10)4(11,12)5(13,14)6(15,16)17;/h(H,18,19);/q;+1/p-1. The molecule has 0 aromatic rings. The van der Waals surface area contributed by atoms with Crippen LogP contribution in [0.2, 0.25) is 0 Å². The van der Waals surface area contributed by atoms with Gasteiger partial charge < -0.3 is 9.90 Å². The molecule has 0 aromatic heterocycles. The van der Waals surface area contributed by atoms with E-state index < -0.39 is 35.8 Å². The van der Waals surface area contributed by atoms with Gasteiger partial charge in [-0.2, -0.15) is 48.3 Å². The van der Waals surface area contributed by atoms with Crippen LogP contribution in [-0.4, -0.2) is 35.8 Å². The first kappa shape index (κ1) is 21.6. The molecule has 0 atom stereocenters. The van der Waals surface area contributed by atoms with Crippen LogP contribution < -0.4 is 24.0 Å². The molecule has 0 heterocycles. The zero-order chi connectivity index (χ0) is 16.1. The van der Waals surface area contributed by atoms with Gasteiger partial charge in [-0.25, -0.2) is 0 Å². The Hall–Kier alpha value is -0.703. The Balaban J connectivity index is 0. The Morgan fingerprint density at radius 1 is 0.650 bits per heavy atom. The molecule has 20 heavy (non-hydrogen) atoms. The Kier molecular flexibility index (Phi) is 5.67. The predicted octanol–water partition coefficient (Wildman–Crippen LogP) is -1.16. The first-order valence-corrected chi connectivity index (χ1v) is 3.74. The number of halogens is 11. The van der Waals surface area contributed by atoms with Crippen molar-refractivity contribution in [2.75, 3.05) is 0 Å². The minimum absolute atomic E-state index is 0. The normalized spacial score (nSPS) is 14.8. The number of carboxylic acids is 1. The molecular formula is C6F11LiO2. The van der Waals surface area contributed by atoms with Gasteiger partial charge in [-0.05, 0) is 0 Å². The molecule has 114 valence electrons. The largest absolute Gasteiger partial charge is 1.00 e. The summed E-state index contributed by atoms with van der Waals surface area (Å²) in [5, 5.41) is 9.49. The van der Waals surface area contributed by atoms with E-state index >= 15 is 0 Å². The van der Waals surface area contributed by atoms with Crippen molar-refractivity contribution in [1.82, 2.24) is 0 Å². The monoisotopic (exact) mass is 320 g/mol. The zero-order valence-corrected chi connectivity index (χ0v) is 8.97. The maximum Gasteiger partial charge on any atom is 1.00 e. The van der Waals surface area contributed by atoms with Gasteiger partial charge in [-0.15, -0.1) is 0 Å². The van der Waals surface area contributed by atoms with Crippen molar-refractivity contribution >= 4 is 5.97 Å². The van der Waals surface area contributed by atoms with Crippen LogP contribution in [0.1, 0.15) is 0 Å². The molecule has 0 saturated heterocycles. The SMILES string of the molecule is O=C([O-])C(F)(F)C(F)(F)C(F)(F)C(F)(F)C(F)(F)F.[Li+]. The van der Waals surface area contributed by atoms with E-state index in [0.717, 1.165) is 0 Å². The smallest absolute Gasteiger partial charge is 0.544 e. The van der Waals surface area contributed by atoms with Crippen LogP contribution in [0.3, 0.4) is 0 Å². The second-order valence-corrected chi connectivity index (χ2v) is 3.08. The summed E-state index contributed by atoms with van der Waals surface area (Å²) >= 11 is 0. The first-order valence-electron chi connectivity index (χ1n) is 3.74. The van der Waals surface area contributed by atoms with Crippen LogP contribution in [0.5, 0.6) is 0 Å². The Morgan fingerprint density at radius 3 is 1.15 bits per heavy atom. The van der Waals surface area contributed by atoms with E-state index in [0.29, 0.717) is 0 Å². The first-order chi connectivity index (χ1) is 7.94. The fourth-order valence-electron chi connectivity index (χ4n) is 0.701. The average molecular weight is 320 g/mol. The average Bonchev–Trinajstić information content (AvgIpc) is 2.14. The number of hydrogen-bond donors (Lipinski definition) is 0. The number of hydrogen-bond acceptors (Lipinski definition) is 2. The number of alkyl halides is 11. The third-order valence-electron chi connectivity index (χ3n) is 1.80. The molecule has 0 unspecified atom stereocenters. The Morgan fingerprint density at radius 2 is 0.950 bits per heavy atom. The van der Waals surface area contributed by atoms with Gasteiger partial charge in [0.05, 0.1) is 0 Å². The molecule has 0 aliphatic rings. The van der Waals surface area contributed by atoms with Gasteiger partial charge in [-0.1, -0.05) is 0 Å². The second kappa shape index (κ2) is 5.25. The van der Waals surface area contributed by atoms with Crippen molar-refractivity contribution in [2.45, 2.75) is 29.9 Å². The molecule has 0 aliphatic heterocycles. The van der Waals surface area contributed by atoms with E-state index in [1.54, 1.807) is 0 Å². The van der Waals surface area contributed by atoms with Crippen molar-refractivity contribution in [3.05, 3.63) is 0 Å².